The first-order valence-electron chi connectivity index (χ1n) is 7.13. The first-order chi connectivity index (χ1) is 7.72. The largest absolute Gasteiger partial charge is 0.330 e. The summed E-state index contributed by atoms with van der Waals surface area (Å²) in [7, 11) is 0. The molecule has 0 spiro atoms. The molecule has 0 heterocycles. The molecule has 0 amide bonds. The van der Waals surface area contributed by atoms with E-state index in [1.165, 1.54) is 44.9 Å². The van der Waals surface area contributed by atoms with E-state index in [1.807, 2.05) is 0 Å². The summed E-state index contributed by atoms with van der Waals surface area (Å²) in [6, 6.07) is 0. The molecule has 1 atom stereocenters. The minimum absolute atomic E-state index is 0.407. The molecular formula is C14H30N2. The molecule has 0 aromatic heterocycles. The second-order valence-electron chi connectivity index (χ2n) is 5.76. The van der Waals surface area contributed by atoms with E-state index < -0.39 is 0 Å². The van der Waals surface area contributed by atoms with Gasteiger partial charge in [-0.2, -0.15) is 0 Å². The summed E-state index contributed by atoms with van der Waals surface area (Å²) >= 11 is 0. The van der Waals surface area contributed by atoms with E-state index in [-0.39, 0.29) is 0 Å². The number of hydrogen-bond acceptors (Lipinski definition) is 2. The second-order valence-corrected chi connectivity index (χ2v) is 5.76. The zero-order valence-corrected chi connectivity index (χ0v) is 11.2. The third-order valence-electron chi connectivity index (χ3n) is 4.29. The van der Waals surface area contributed by atoms with Crippen molar-refractivity contribution in [1.29, 1.82) is 0 Å². The predicted octanol–water partition coefficient (Wildman–Crippen LogP) is 2.92. The van der Waals surface area contributed by atoms with Crippen molar-refractivity contribution >= 4 is 0 Å². The maximum absolute atomic E-state index is 6.02. The highest BCUT2D eigenvalue weighted by molar-refractivity contribution is 4.84. The van der Waals surface area contributed by atoms with Crippen molar-refractivity contribution in [3.05, 3.63) is 0 Å². The average Bonchev–Trinajstić information content (AvgIpc) is 2.55. The molecular weight excluding hydrogens is 196 g/mol. The lowest BCUT2D eigenvalue weighted by Crippen LogP contribution is -2.41. The molecule has 0 aromatic carbocycles. The van der Waals surface area contributed by atoms with Crippen molar-refractivity contribution in [1.82, 2.24) is 5.32 Å². The van der Waals surface area contributed by atoms with Gasteiger partial charge in [-0.1, -0.05) is 46.0 Å². The molecule has 1 aliphatic carbocycles. The topological polar surface area (TPSA) is 38.0 Å². The van der Waals surface area contributed by atoms with Crippen LogP contribution in [0.1, 0.15) is 58.8 Å². The summed E-state index contributed by atoms with van der Waals surface area (Å²) in [5, 5.41) is 3.65. The highest BCUT2D eigenvalue weighted by Gasteiger charge is 2.28. The highest BCUT2D eigenvalue weighted by atomic mass is 14.9. The molecule has 1 unspecified atom stereocenters. The molecule has 16 heavy (non-hydrogen) atoms. The molecule has 0 bridgehead atoms. The van der Waals surface area contributed by atoms with E-state index in [9.17, 15) is 0 Å². The van der Waals surface area contributed by atoms with Crippen molar-refractivity contribution in [2.24, 2.45) is 17.1 Å². The van der Waals surface area contributed by atoms with Gasteiger partial charge >= 0.3 is 0 Å². The number of rotatable bonds is 6. The third-order valence-corrected chi connectivity index (χ3v) is 4.29. The number of nitrogens with two attached hydrogens (primary N) is 1. The fraction of sp³-hybridized carbons (Fsp3) is 1.00. The molecule has 96 valence electrons. The molecule has 2 nitrogen and oxygen atoms in total. The van der Waals surface area contributed by atoms with Crippen LogP contribution in [0.15, 0.2) is 0 Å². The Morgan fingerprint density at radius 2 is 1.81 bits per heavy atom. The summed E-state index contributed by atoms with van der Waals surface area (Å²) in [6.45, 7) is 7.72. The van der Waals surface area contributed by atoms with Gasteiger partial charge in [0.05, 0.1) is 0 Å². The van der Waals surface area contributed by atoms with Gasteiger partial charge in [0.1, 0.15) is 0 Å². The van der Waals surface area contributed by atoms with Crippen molar-refractivity contribution < 1.29 is 0 Å². The first kappa shape index (κ1) is 14.0. The summed E-state index contributed by atoms with van der Waals surface area (Å²) < 4.78 is 0. The van der Waals surface area contributed by atoms with Crippen LogP contribution in [0, 0.1) is 11.3 Å². The highest BCUT2D eigenvalue weighted by Crippen LogP contribution is 2.33. The zero-order chi connectivity index (χ0) is 11.9. The van der Waals surface area contributed by atoms with Crippen molar-refractivity contribution in [3.63, 3.8) is 0 Å². The minimum Gasteiger partial charge on any atom is -0.330 e. The summed E-state index contributed by atoms with van der Waals surface area (Å²) in [4.78, 5) is 0. The van der Waals surface area contributed by atoms with Crippen molar-refractivity contribution in [2.75, 3.05) is 19.6 Å². The van der Waals surface area contributed by atoms with E-state index >= 15 is 0 Å². The first-order valence-corrected chi connectivity index (χ1v) is 7.13. The minimum atomic E-state index is 0.407. The molecule has 1 saturated carbocycles. The lowest BCUT2D eigenvalue weighted by molar-refractivity contribution is 0.238. The van der Waals surface area contributed by atoms with Crippen LogP contribution in [0.25, 0.3) is 0 Å². The van der Waals surface area contributed by atoms with Crippen LogP contribution >= 0.6 is 0 Å². The third kappa shape index (κ3) is 4.42. The normalized spacial score (nSPS) is 22.7. The van der Waals surface area contributed by atoms with Crippen LogP contribution in [0.2, 0.25) is 0 Å². The van der Waals surface area contributed by atoms with Gasteiger partial charge in [0.15, 0.2) is 0 Å². The Morgan fingerprint density at radius 3 is 2.31 bits per heavy atom. The van der Waals surface area contributed by atoms with Crippen LogP contribution in [0.5, 0.6) is 0 Å². The van der Waals surface area contributed by atoms with Gasteiger partial charge in [-0.15, -0.1) is 0 Å². The summed E-state index contributed by atoms with van der Waals surface area (Å²) in [5.41, 5.74) is 6.42. The molecule has 1 rings (SSSR count). The Hall–Kier alpha value is -0.0800. The Morgan fingerprint density at radius 1 is 1.19 bits per heavy atom. The molecule has 0 aromatic rings. The van der Waals surface area contributed by atoms with Crippen LogP contribution in [0.4, 0.5) is 0 Å². The second kappa shape index (κ2) is 7.29. The van der Waals surface area contributed by atoms with E-state index in [0.717, 1.165) is 25.6 Å². The van der Waals surface area contributed by atoms with Crippen molar-refractivity contribution in [2.45, 2.75) is 58.8 Å². The van der Waals surface area contributed by atoms with E-state index in [4.69, 9.17) is 5.73 Å². The van der Waals surface area contributed by atoms with E-state index in [2.05, 4.69) is 19.2 Å². The molecule has 0 radical (unpaired) electrons. The summed E-state index contributed by atoms with van der Waals surface area (Å²) in [6.07, 6.45) is 9.50. The SMILES string of the molecule is CCC(C)CNCC1(CN)CCCCCC1. The van der Waals surface area contributed by atoms with Crippen LogP contribution in [-0.2, 0) is 0 Å². The lowest BCUT2D eigenvalue weighted by atomic mass is 9.80. The van der Waals surface area contributed by atoms with Gasteiger partial charge < -0.3 is 11.1 Å². The molecule has 0 aliphatic heterocycles. The predicted molar refractivity (Wildman–Crippen MR) is 71.5 cm³/mol. The Bertz CT molecular complexity index is 172. The molecule has 1 fully saturated rings. The Labute approximate surface area is 101 Å². The lowest BCUT2D eigenvalue weighted by Gasteiger charge is -2.32. The fourth-order valence-corrected chi connectivity index (χ4v) is 2.66. The maximum Gasteiger partial charge on any atom is 0.00200 e. The van der Waals surface area contributed by atoms with Gasteiger partial charge in [-0.25, -0.2) is 0 Å². The van der Waals surface area contributed by atoms with E-state index in [0.29, 0.717) is 5.41 Å². The van der Waals surface area contributed by atoms with Gasteiger partial charge in [0.25, 0.3) is 0 Å². The van der Waals surface area contributed by atoms with Gasteiger partial charge in [0, 0.05) is 6.54 Å². The fourth-order valence-electron chi connectivity index (χ4n) is 2.66. The van der Waals surface area contributed by atoms with E-state index in [1.54, 1.807) is 0 Å². The average molecular weight is 226 g/mol. The number of hydrogen-bond donors (Lipinski definition) is 2. The molecule has 0 saturated heterocycles. The number of nitrogens with one attached hydrogen (secondary N) is 1. The van der Waals surface area contributed by atoms with Gasteiger partial charge in [0.2, 0.25) is 0 Å². The Kier molecular flexibility index (Phi) is 6.37. The smallest absolute Gasteiger partial charge is 0.00200 e. The Balaban J connectivity index is 2.33. The molecule has 2 heteroatoms. The summed E-state index contributed by atoms with van der Waals surface area (Å²) in [5.74, 6) is 0.792. The van der Waals surface area contributed by atoms with Crippen LogP contribution in [-0.4, -0.2) is 19.6 Å². The van der Waals surface area contributed by atoms with Crippen molar-refractivity contribution in [3.8, 4) is 0 Å². The maximum atomic E-state index is 6.02. The van der Waals surface area contributed by atoms with Gasteiger partial charge in [-0.3, -0.25) is 0 Å². The molecule has 3 N–H and O–H groups in total. The quantitative estimate of drug-likeness (QED) is 0.683. The monoisotopic (exact) mass is 226 g/mol. The molecule has 1 aliphatic rings. The standard InChI is InChI=1S/C14H30N2/c1-3-13(2)10-16-12-14(11-15)8-6-4-5-7-9-14/h13,16H,3-12,15H2,1-2H3. The van der Waals surface area contributed by atoms with Gasteiger partial charge in [-0.05, 0) is 37.3 Å². The van der Waals surface area contributed by atoms with Crippen LogP contribution in [0.3, 0.4) is 0 Å². The zero-order valence-electron chi connectivity index (χ0n) is 11.2. The van der Waals surface area contributed by atoms with Crippen LogP contribution < -0.4 is 11.1 Å².